The summed E-state index contributed by atoms with van der Waals surface area (Å²) >= 11 is 1.79. The van der Waals surface area contributed by atoms with E-state index < -0.39 is 0 Å². The van der Waals surface area contributed by atoms with Crippen molar-refractivity contribution in [3.63, 3.8) is 0 Å². The monoisotopic (exact) mass is 479 g/mol. The first-order valence-electron chi connectivity index (χ1n) is 12.1. The second-order valence-corrected chi connectivity index (χ2v) is 9.59. The molecule has 0 aliphatic heterocycles. The quantitative estimate of drug-likeness (QED) is 0.245. The van der Waals surface area contributed by atoms with Gasteiger partial charge in [0.1, 0.15) is 0 Å². The SMILES string of the molecule is C(=Cc1scc(-c2ccccc2)c1-c1ccccc1)c1[nH]cc(-c2ccccc2)c1-c1ccccc1. The average molecular weight is 480 g/mol. The molecule has 172 valence electrons. The van der Waals surface area contributed by atoms with E-state index in [2.05, 4.69) is 150 Å². The van der Waals surface area contributed by atoms with Crippen LogP contribution in [-0.2, 0) is 0 Å². The van der Waals surface area contributed by atoms with E-state index in [1.54, 1.807) is 11.3 Å². The number of rotatable bonds is 6. The summed E-state index contributed by atoms with van der Waals surface area (Å²) < 4.78 is 0. The van der Waals surface area contributed by atoms with E-state index in [4.69, 9.17) is 0 Å². The highest BCUT2D eigenvalue weighted by atomic mass is 32.1. The van der Waals surface area contributed by atoms with Crippen molar-refractivity contribution in [2.24, 2.45) is 0 Å². The van der Waals surface area contributed by atoms with Gasteiger partial charge in [-0.05, 0) is 39.8 Å². The summed E-state index contributed by atoms with van der Waals surface area (Å²) in [5.41, 5.74) is 11.0. The van der Waals surface area contributed by atoms with Gasteiger partial charge in [0, 0.05) is 39.0 Å². The Morgan fingerprint density at radius 3 is 1.50 bits per heavy atom. The molecule has 0 aliphatic carbocycles. The molecule has 0 saturated carbocycles. The lowest BCUT2D eigenvalue weighted by atomic mass is 9.95. The van der Waals surface area contributed by atoms with Crippen LogP contribution in [0.4, 0.5) is 0 Å². The summed E-state index contributed by atoms with van der Waals surface area (Å²) in [5, 5.41) is 2.28. The van der Waals surface area contributed by atoms with Crippen molar-refractivity contribution in [2.45, 2.75) is 0 Å². The molecular formula is C34H25NS. The van der Waals surface area contributed by atoms with Gasteiger partial charge in [-0.15, -0.1) is 11.3 Å². The first-order valence-corrected chi connectivity index (χ1v) is 13.0. The Bertz CT molecular complexity index is 1470. The number of nitrogens with one attached hydrogen (secondary N) is 1. The highest BCUT2D eigenvalue weighted by molar-refractivity contribution is 7.12. The molecule has 0 unspecified atom stereocenters. The van der Waals surface area contributed by atoms with E-state index in [0.717, 1.165) is 5.69 Å². The van der Waals surface area contributed by atoms with Gasteiger partial charge in [0.15, 0.2) is 0 Å². The third kappa shape index (κ3) is 4.35. The van der Waals surface area contributed by atoms with E-state index >= 15 is 0 Å². The summed E-state index contributed by atoms with van der Waals surface area (Å²) in [7, 11) is 0. The van der Waals surface area contributed by atoms with E-state index in [1.807, 2.05) is 0 Å². The Morgan fingerprint density at radius 1 is 0.472 bits per heavy atom. The molecule has 1 nitrogen and oxygen atoms in total. The van der Waals surface area contributed by atoms with Gasteiger partial charge in [-0.3, -0.25) is 0 Å². The number of aromatic amines is 1. The van der Waals surface area contributed by atoms with E-state index in [9.17, 15) is 0 Å². The van der Waals surface area contributed by atoms with Crippen molar-refractivity contribution in [3.8, 4) is 44.5 Å². The maximum absolute atomic E-state index is 3.56. The lowest BCUT2D eigenvalue weighted by molar-refractivity contribution is 1.38. The fraction of sp³-hybridized carbons (Fsp3) is 0. The smallest absolute Gasteiger partial charge is 0.0466 e. The molecule has 6 rings (SSSR count). The molecule has 0 fully saturated rings. The fourth-order valence-electron chi connectivity index (χ4n) is 4.72. The molecule has 4 aromatic carbocycles. The summed E-state index contributed by atoms with van der Waals surface area (Å²) in [4.78, 5) is 4.80. The molecule has 0 amide bonds. The zero-order chi connectivity index (χ0) is 24.2. The first kappa shape index (κ1) is 22.1. The van der Waals surface area contributed by atoms with Crippen LogP contribution in [0.1, 0.15) is 10.6 Å². The number of benzene rings is 4. The summed E-state index contributed by atoms with van der Waals surface area (Å²) in [6.07, 6.45) is 6.60. The van der Waals surface area contributed by atoms with Crippen molar-refractivity contribution in [1.29, 1.82) is 0 Å². The largest absolute Gasteiger partial charge is 0.361 e. The molecule has 6 aromatic rings. The van der Waals surface area contributed by atoms with Gasteiger partial charge in [-0.2, -0.15) is 0 Å². The Morgan fingerprint density at radius 2 is 0.944 bits per heavy atom. The molecule has 0 atom stereocenters. The van der Waals surface area contributed by atoms with Crippen LogP contribution in [0, 0.1) is 0 Å². The van der Waals surface area contributed by atoms with Crippen LogP contribution in [-0.4, -0.2) is 4.98 Å². The number of hydrogen-bond acceptors (Lipinski definition) is 1. The third-order valence-corrected chi connectivity index (χ3v) is 7.37. The predicted molar refractivity (Wildman–Crippen MR) is 156 cm³/mol. The molecule has 2 heteroatoms. The minimum absolute atomic E-state index is 1.11. The normalized spacial score (nSPS) is 11.2. The van der Waals surface area contributed by atoms with Gasteiger partial charge in [-0.25, -0.2) is 0 Å². The summed E-state index contributed by atoms with van der Waals surface area (Å²) in [5.74, 6) is 0. The summed E-state index contributed by atoms with van der Waals surface area (Å²) in [6, 6.07) is 42.6. The molecule has 36 heavy (non-hydrogen) atoms. The van der Waals surface area contributed by atoms with Crippen molar-refractivity contribution in [2.75, 3.05) is 0 Å². The molecule has 0 radical (unpaired) electrons. The van der Waals surface area contributed by atoms with Crippen LogP contribution in [0.25, 0.3) is 56.7 Å². The Balaban J connectivity index is 1.48. The van der Waals surface area contributed by atoms with Crippen molar-refractivity contribution in [1.82, 2.24) is 4.98 Å². The van der Waals surface area contributed by atoms with Crippen molar-refractivity contribution in [3.05, 3.63) is 143 Å². The highest BCUT2D eigenvalue weighted by Gasteiger charge is 2.16. The first-order chi connectivity index (χ1) is 17.9. The maximum Gasteiger partial charge on any atom is 0.0466 e. The zero-order valence-electron chi connectivity index (χ0n) is 19.8. The van der Waals surface area contributed by atoms with Crippen LogP contribution in [0.5, 0.6) is 0 Å². The molecule has 2 aromatic heterocycles. The zero-order valence-corrected chi connectivity index (χ0v) is 20.6. The van der Waals surface area contributed by atoms with Gasteiger partial charge < -0.3 is 4.98 Å². The second kappa shape index (κ2) is 10.1. The van der Waals surface area contributed by atoms with Gasteiger partial charge >= 0.3 is 0 Å². The van der Waals surface area contributed by atoms with Crippen molar-refractivity contribution >= 4 is 23.5 Å². The molecular weight excluding hydrogens is 454 g/mol. The van der Waals surface area contributed by atoms with Crippen LogP contribution in [0.15, 0.2) is 133 Å². The minimum Gasteiger partial charge on any atom is -0.361 e. The Labute approximate surface area is 216 Å². The van der Waals surface area contributed by atoms with E-state index in [1.165, 1.54) is 49.4 Å². The number of H-pyrrole nitrogens is 1. The fourth-order valence-corrected chi connectivity index (χ4v) is 5.71. The van der Waals surface area contributed by atoms with Gasteiger partial charge in [-0.1, -0.05) is 121 Å². The van der Waals surface area contributed by atoms with Gasteiger partial charge in [0.05, 0.1) is 0 Å². The van der Waals surface area contributed by atoms with Gasteiger partial charge in [0.2, 0.25) is 0 Å². The molecule has 0 saturated heterocycles. The minimum atomic E-state index is 1.11. The summed E-state index contributed by atoms with van der Waals surface area (Å²) in [6.45, 7) is 0. The van der Waals surface area contributed by atoms with E-state index in [0.29, 0.717) is 0 Å². The molecule has 0 bridgehead atoms. The average Bonchev–Trinajstić information content (AvgIpc) is 3.58. The lowest BCUT2D eigenvalue weighted by Gasteiger charge is -2.08. The topological polar surface area (TPSA) is 15.8 Å². The van der Waals surface area contributed by atoms with Gasteiger partial charge in [0.25, 0.3) is 0 Å². The standard InChI is InChI=1S/C34H25NS/c1-5-13-25(14-6-1)29-23-35-31(33(29)27-17-9-3-10-18-27)21-22-32-34(28-19-11-4-12-20-28)30(24-36-32)26-15-7-2-8-16-26/h1-24,35H. The van der Waals surface area contributed by atoms with Crippen LogP contribution < -0.4 is 0 Å². The molecule has 2 heterocycles. The molecule has 1 N–H and O–H groups in total. The Hall–Kier alpha value is -4.40. The van der Waals surface area contributed by atoms with Crippen LogP contribution in [0.3, 0.4) is 0 Å². The number of aromatic nitrogens is 1. The number of hydrogen-bond donors (Lipinski definition) is 1. The maximum atomic E-state index is 3.56. The molecule has 0 aliphatic rings. The van der Waals surface area contributed by atoms with E-state index in [-0.39, 0.29) is 0 Å². The van der Waals surface area contributed by atoms with Crippen LogP contribution in [0.2, 0.25) is 0 Å². The highest BCUT2D eigenvalue weighted by Crippen LogP contribution is 2.41. The van der Waals surface area contributed by atoms with Crippen LogP contribution >= 0.6 is 11.3 Å². The number of thiophene rings is 1. The third-order valence-electron chi connectivity index (χ3n) is 6.43. The second-order valence-electron chi connectivity index (χ2n) is 8.68. The Kier molecular flexibility index (Phi) is 6.18. The predicted octanol–water partition coefficient (Wildman–Crippen LogP) is 9.91. The van der Waals surface area contributed by atoms with Crippen molar-refractivity contribution < 1.29 is 0 Å². The molecule has 0 spiro atoms. The lowest BCUT2D eigenvalue weighted by Crippen LogP contribution is -1.84.